The minimum Gasteiger partial charge on any atom is -2.00 e. The van der Waals surface area contributed by atoms with Gasteiger partial charge < -0.3 is 16.4 Å². The Bertz CT molecular complexity index is 10.8. The molecule has 0 spiro atoms. The van der Waals surface area contributed by atoms with Gasteiger partial charge in [0.2, 0.25) is 0 Å². The molecule has 0 unspecified atom stereocenters. The molecule has 27 valence electrons. The first-order valence-electron chi connectivity index (χ1n) is 0. The van der Waals surface area contributed by atoms with E-state index in [0.717, 1.165) is 0 Å². The molecule has 0 aromatic rings. The van der Waals surface area contributed by atoms with Crippen LogP contribution >= 0.6 is 0 Å². The molecule has 0 bridgehead atoms. The van der Waals surface area contributed by atoms with E-state index < -0.39 is 0 Å². The average Bonchev–Trinajstić information content (AvgIpc) is 0. The van der Waals surface area contributed by atoms with Gasteiger partial charge in [-0.05, 0) is 0 Å². The number of hydrogen-bond donors (Lipinski definition) is 0. The SMILES string of the molecule is [Al+3].[Cr+3].[O-2].[O-2].[O-2].[Zr+4]. The zero-order chi connectivity index (χ0) is 0. The summed E-state index contributed by atoms with van der Waals surface area (Å²) in [5, 5.41) is 0. The molecule has 3 nitrogen and oxygen atoms in total. The first-order chi connectivity index (χ1) is 0. The van der Waals surface area contributed by atoms with Gasteiger partial charge in [-0.2, -0.15) is 0 Å². The molecule has 0 saturated carbocycles. The van der Waals surface area contributed by atoms with Crippen LogP contribution in [0.15, 0.2) is 0 Å². The molecule has 0 heterocycles. The average molecular weight is 218 g/mol. The summed E-state index contributed by atoms with van der Waals surface area (Å²) in [5.74, 6) is 0. The van der Waals surface area contributed by atoms with Crippen molar-refractivity contribution < 1.29 is 60.0 Å². The van der Waals surface area contributed by atoms with E-state index in [2.05, 4.69) is 0 Å². The summed E-state index contributed by atoms with van der Waals surface area (Å²) in [7, 11) is 0. The van der Waals surface area contributed by atoms with Crippen LogP contribution in [0.4, 0.5) is 0 Å². The summed E-state index contributed by atoms with van der Waals surface area (Å²) in [5.41, 5.74) is 0. The van der Waals surface area contributed by atoms with E-state index >= 15 is 0 Å². The van der Waals surface area contributed by atoms with Crippen molar-refractivity contribution >= 4 is 17.4 Å². The maximum absolute atomic E-state index is 0. The van der Waals surface area contributed by atoms with Gasteiger partial charge in [-0.1, -0.05) is 0 Å². The first kappa shape index (κ1) is 109. The topological polar surface area (TPSA) is 85.5 Å². The zero-order valence-electron chi connectivity index (χ0n) is 2.71. The summed E-state index contributed by atoms with van der Waals surface area (Å²) in [6, 6.07) is 0. The van der Waals surface area contributed by atoms with E-state index in [1.54, 1.807) is 0 Å². The van der Waals surface area contributed by atoms with E-state index in [0.29, 0.717) is 0 Å². The fourth-order valence-electron chi connectivity index (χ4n) is 0. The van der Waals surface area contributed by atoms with Crippen LogP contribution < -0.4 is 0 Å². The number of hydrogen-bond acceptors (Lipinski definition) is 0. The number of rotatable bonds is 0. The van der Waals surface area contributed by atoms with Crippen molar-refractivity contribution in [1.82, 2.24) is 0 Å². The quantitative estimate of drug-likeness (QED) is 0.479. The van der Waals surface area contributed by atoms with E-state index in [-0.39, 0.29) is 77.4 Å². The van der Waals surface area contributed by atoms with Crippen LogP contribution in [-0.4, -0.2) is 17.4 Å². The molecular formula is AlCrO3Zr+4. The second kappa shape index (κ2) is 69.4. The Morgan fingerprint density at radius 3 is 0.667 bits per heavy atom. The van der Waals surface area contributed by atoms with Crippen LogP contribution in [0, 0.1) is 0 Å². The summed E-state index contributed by atoms with van der Waals surface area (Å²) in [6.07, 6.45) is 0. The van der Waals surface area contributed by atoms with Gasteiger partial charge in [0, 0.05) is 0 Å². The molecule has 0 fully saturated rings. The molecule has 0 amide bonds. The third-order valence-electron chi connectivity index (χ3n) is 0. The summed E-state index contributed by atoms with van der Waals surface area (Å²) in [6.45, 7) is 0. The predicted molar refractivity (Wildman–Crippen MR) is 7.81 cm³/mol. The normalized spacial score (nSPS) is 0. The molecule has 1 radical (unpaired) electrons. The Morgan fingerprint density at radius 1 is 0.667 bits per heavy atom. The van der Waals surface area contributed by atoms with E-state index in [1.165, 1.54) is 0 Å². The van der Waals surface area contributed by atoms with Crippen molar-refractivity contribution in [3.63, 3.8) is 0 Å². The first-order valence-corrected chi connectivity index (χ1v) is 0. The van der Waals surface area contributed by atoms with E-state index in [1.807, 2.05) is 0 Å². The maximum Gasteiger partial charge on any atom is 4.00 e. The molecule has 0 aliphatic rings. The smallest absolute Gasteiger partial charge is 2.00 e. The van der Waals surface area contributed by atoms with Gasteiger partial charge in [-0.15, -0.1) is 0 Å². The molecule has 0 atom stereocenters. The minimum absolute atomic E-state index is 0. The van der Waals surface area contributed by atoms with Gasteiger partial charge in [0.05, 0.1) is 0 Å². The molecular weight excluding hydrogens is 218 g/mol. The van der Waals surface area contributed by atoms with E-state index in [4.69, 9.17) is 0 Å². The Kier molecular flexibility index (Phi) is 1260. The van der Waals surface area contributed by atoms with Gasteiger partial charge >= 0.3 is 60.9 Å². The van der Waals surface area contributed by atoms with Crippen LogP contribution in [-0.2, 0) is 60.0 Å². The van der Waals surface area contributed by atoms with Crippen LogP contribution in [0.3, 0.4) is 0 Å². The third kappa shape index (κ3) is 40.7. The Balaban J connectivity index is 0. The second-order valence-corrected chi connectivity index (χ2v) is 0. The van der Waals surface area contributed by atoms with Crippen LogP contribution in [0.5, 0.6) is 0 Å². The van der Waals surface area contributed by atoms with Gasteiger partial charge in [0.15, 0.2) is 0 Å². The Hall–Kier alpha value is 1.83. The van der Waals surface area contributed by atoms with Crippen molar-refractivity contribution in [2.75, 3.05) is 0 Å². The van der Waals surface area contributed by atoms with Crippen molar-refractivity contribution in [2.24, 2.45) is 0 Å². The van der Waals surface area contributed by atoms with Crippen molar-refractivity contribution in [2.45, 2.75) is 0 Å². The molecule has 6 heteroatoms. The Morgan fingerprint density at radius 2 is 0.667 bits per heavy atom. The fourth-order valence-corrected chi connectivity index (χ4v) is 0. The van der Waals surface area contributed by atoms with Crippen molar-refractivity contribution in [1.29, 1.82) is 0 Å². The van der Waals surface area contributed by atoms with Gasteiger partial charge in [-0.25, -0.2) is 0 Å². The molecule has 0 saturated heterocycles. The molecule has 6 heavy (non-hydrogen) atoms. The Labute approximate surface area is 76.8 Å². The van der Waals surface area contributed by atoms with Crippen LogP contribution in [0.2, 0.25) is 0 Å². The van der Waals surface area contributed by atoms with Gasteiger partial charge in [0.1, 0.15) is 0 Å². The molecule has 0 aliphatic heterocycles. The maximum atomic E-state index is 0. The molecule has 0 aliphatic carbocycles. The van der Waals surface area contributed by atoms with E-state index in [9.17, 15) is 0 Å². The minimum atomic E-state index is 0. The summed E-state index contributed by atoms with van der Waals surface area (Å²) < 4.78 is 0. The van der Waals surface area contributed by atoms with Crippen LogP contribution in [0.25, 0.3) is 0 Å². The summed E-state index contributed by atoms with van der Waals surface area (Å²) >= 11 is 0. The largest absolute Gasteiger partial charge is 4.00 e. The standard InChI is InChI=1S/Al.Cr.3O.Zr/q2*+3;3*-2;+4. The summed E-state index contributed by atoms with van der Waals surface area (Å²) in [4.78, 5) is 0. The van der Waals surface area contributed by atoms with Crippen LogP contribution in [0.1, 0.15) is 0 Å². The van der Waals surface area contributed by atoms with Crippen molar-refractivity contribution in [3.8, 4) is 0 Å². The predicted octanol–water partition coefficient (Wildman–Crippen LogP) is -0.742. The third-order valence-corrected chi connectivity index (χ3v) is 0. The second-order valence-electron chi connectivity index (χ2n) is 0. The molecule has 0 N–H and O–H groups in total. The molecule has 0 rings (SSSR count). The zero-order valence-corrected chi connectivity index (χ0v) is 7.60. The van der Waals surface area contributed by atoms with Gasteiger partial charge in [0.25, 0.3) is 0 Å². The molecule has 0 aromatic heterocycles. The van der Waals surface area contributed by atoms with Gasteiger partial charge in [-0.3, -0.25) is 0 Å². The monoisotopic (exact) mass is 217 g/mol. The van der Waals surface area contributed by atoms with Crippen molar-refractivity contribution in [3.05, 3.63) is 0 Å². The fraction of sp³-hybridized carbons (Fsp3) is 0. The molecule has 0 aromatic carbocycles.